The smallest absolute Gasteiger partial charge is 0.0558 e. The van der Waals surface area contributed by atoms with Crippen molar-refractivity contribution in [1.82, 2.24) is 4.90 Å². The van der Waals surface area contributed by atoms with Crippen LogP contribution >= 0.6 is 0 Å². The molecule has 27 heavy (non-hydrogen) atoms. The molecule has 3 nitrogen and oxygen atoms in total. The van der Waals surface area contributed by atoms with Crippen molar-refractivity contribution in [2.24, 2.45) is 5.92 Å². The summed E-state index contributed by atoms with van der Waals surface area (Å²) in [6.45, 7) is 7.39. The van der Waals surface area contributed by atoms with Crippen molar-refractivity contribution in [2.45, 2.75) is 117 Å². The Kier molecular flexibility index (Phi) is 22.1. The molecule has 0 aromatic heterocycles. The molecular weight excluding hydrogens is 334 g/mol. The van der Waals surface area contributed by atoms with E-state index in [0.717, 1.165) is 12.5 Å². The molecule has 0 rings (SSSR count). The molecule has 0 aliphatic carbocycles. The average molecular weight is 386 g/mol. The van der Waals surface area contributed by atoms with Crippen LogP contribution in [-0.4, -0.2) is 48.0 Å². The Hall–Kier alpha value is -0.120. The molecule has 0 aliphatic heterocycles. The fraction of sp³-hybridized carbons (Fsp3) is 1.00. The highest BCUT2D eigenvalue weighted by Gasteiger charge is 2.13. The summed E-state index contributed by atoms with van der Waals surface area (Å²) in [6.07, 6.45) is 21.9. The van der Waals surface area contributed by atoms with Crippen LogP contribution < -0.4 is 0 Å². The molecule has 2 N–H and O–H groups in total. The van der Waals surface area contributed by atoms with E-state index in [0.29, 0.717) is 13.1 Å². The Balaban J connectivity index is 4.06. The molecule has 0 fully saturated rings. The summed E-state index contributed by atoms with van der Waals surface area (Å²) in [5.74, 6) is 0.731. The third kappa shape index (κ3) is 19.0. The lowest BCUT2D eigenvalue weighted by molar-refractivity contribution is 0.138. The van der Waals surface area contributed by atoms with Gasteiger partial charge in [-0.05, 0) is 18.8 Å². The van der Waals surface area contributed by atoms with Crippen molar-refractivity contribution >= 4 is 0 Å². The normalized spacial score (nSPS) is 12.8. The zero-order valence-electron chi connectivity index (χ0n) is 18.8. The highest BCUT2D eigenvalue weighted by molar-refractivity contribution is 4.67. The van der Waals surface area contributed by atoms with Gasteiger partial charge in [-0.15, -0.1) is 0 Å². The van der Waals surface area contributed by atoms with Crippen LogP contribution in [0.5, 0.6) is 0 Å². The van der Waals surface area contributed by atoms with Gasteiger partial charge >= 0.3 is 0 Å². The van der Waals surface area contributed by atoms with Gasteiger partial charge < -0.3 is 10.2 Å². The van der Waals surface area contributed by atoms with Gasteiger partial charge in [0.25, 0.3) is 0 Å². The van der Waals surface area contributed by atoms with Gasteiger partial charge in [0.2, 0.25) is 0 Å². The summed E-state index contributed by atoms with van der Waals surface area (Å²) in [4.78, 5) is 2.26. The third-order valence-electron chi connectivity index (χ3n) is 5.78. The predicted molar refractivity (Wildman–Crippen MR) is 119 cm³/mol. The highest BCUT2D eigenvalue weighted by atomic mass is 16.3. The minimum absolute atomic E-state index is 0.196. The first-order valence-electron chi connectivity index (χ1n) is 12.2. The maximum absolute atomic E-state index is 9.28. The molecule has 0 spiro atoms. The van der Waals surface area contributed by atoms with Crippen LogP contribution in [0.15, 0.2) is 0 Å². The predicted octanol–water partition coefficient (Wildman–Crippen LogP) is 6.17. The second-order valence-corrected chi connectivity index (χ2v) is 8.43. The van der Waals surface area contributed by atoms with Gasteiger partial charge in [0.1, 0.15) is 0 Å². The van der Waals surface area contributed by atoms with Crippen LogP contribution in [0.25, 0.3) is 0 Å². The number of rotatable bonds is 22. The Morgan fingerprint density at radius 1 is 0.556 bits per heavy atom. The van der Waals surface area contributed by atoms with Crippen molar-refractivity contribution in [3.63, 3.8) is 0 Å². The average Bonchev–Trinajstić information content (AvgIpc) is 2.66. The quantitative estimate of drug-likeness (QED) is 0.219. The molecule has 0 amide bonds. The second kappa shape index (κ2) is 22.2. The second-order valence-electron chi connectivity index (χ2n) is 8.43. The standard InChI is InChI=1S/C24H51NO2/c1-3-5-7-9-11-12-14-16-18-24(17-15-13-10-8-6-4-2)23-25(19-21-26)20-22-27/h24,26-27H,3-23H2,1-2H3. The number of hydrogen-bond donors (Lipinski definition) is 2. The van der Waals surface area contributed by atoms with Crippen molar-refractivity contribution in [3.8, 4) is 0 Å². The molecule has 164 valence electrons. The van der Waals surface area contributed by atoms with E-state index in [2.05, 4.69) is 18.7 Å². The maximum Gasteiger partial charge on any atom is 0.0558 e. The van der Waals surface area contributed by atoms with E-state index in [1.54, 1.807) is 0 Å². The van der Waals surface area contributed by atoms with E-state index in [1.807, 2.05) is 0 Å². The topological polar surface area (TPSA) is 43.7 Å². The lowest BCUT2D eigenvalue weighted by atomic mass is 9.93. The molecule has 0 bridgehead atoms. The van der Waals surface area contributed by atoms with Gasteiger partial charge in [-0.1, -0.05) is 104 Å². The van der Waals surface area contributed by atoms with E-state index in [1.165, 1.54) is 103 Å². The lowest BCUT2D eigenvalue weighted by Gasteiger charge is -2.26. The molecule has 1 atom stereocenters. The Bertz CT molecular complexity index is 267. The fourth-order valence-corrected chi connectivity index (χ4v) is 4.05. The van der Waals surface area contributed by atoms with Gasteiger partial charge in [0, 0.05) is 19.6 Å². The summed E-state index contributed by atoms with van der Waals surface area (Å²) < 4.78 is 0. The monoisotopic (exact) mass is 385 g/mol. The first-order valence-corrected chi connectivity index (χ1v) is 12.2. The minimum Gasteiger partial charge on any atom is -0.395 e. The SMILES string of the molecule is CCCCCCCCCCC(CCCCCCCC)CN(CCO)CCO. The maximum atomic E-state index is 9.28. The van der Waals surface area contributed by atoms with Crippen LogP contribution in [0, 0.1) is 5.92 Å². The molecule has 0 saturated carbocycles. The molecule has 0 aliphatic rings. The molecular formula is C24H51NO2. The fourth-order valence-electron chi connectivity index (χ4n) is 4.05. The van der Waals surface area contributed by atoms with Crippen molar-refractivity contribution < 1.29 is 10.2 Å². The number of aliphatic hydroxyl groups is 2. The molecule has 3 heteroatoms. The summed E-state index contributed by atoms with van der Waals surface area (Å²) >= 11 is 0. The minimum atomic E-state index is 0.196. The first-order chi connectivity index (χ1) is 13.3. The number of aliphatic hydroxyl groups excluding tert-OH is 2. The largest absolute Gasteiger partial charge is 0.395 e. The van der Waals surface area contributed by atoms with Gasteiger partial charge in [-0.2, -0.15) is 0 Å². The van der Waals surface area contributed by atoms with Crippen molar-refractivity contribution in [1.29, 1.82) is 0 Å². The van der Waals surface area contributed by atoms with Gasteiger partial charge in [-0.3, -0.25) is 4.90 Å². The molecule has 0 aromatic carbocycles. The number of hydrogen-bond acceptors (Lipinski definition) is 3. The van der Waals surface area contributed by atoms with E-state index < -0.39 is 0 Å². The summed E-state index contributed by atoms with van der Waals surface area (Å²) in [7, 11) is 0. The Morgan fingerprint density at radius 3 is 1.30 bits per heavy atom. The van der Waals surface area contributed by atoms with E-state index in [-0.39, 0.29) is 13.2 Å². The number of nitrogens with zero attached hydrogens (tertiary/aromatic N) is 1. The Morgan fingerprint density at radius 2 is 0.926 bits per heavy atom. The van der Waals surface area contributed by atoms with E-state index in [4.69, 9.17) is 0 Å². The van der Waals surface area contributed by atoms with Crippen LogP contribution in [0.2, 0.25) is 0 Å². The Labute approximate surface area is 170 Å². The lowest BCUT2D eigenvalue weighted by Crippen LogP contribution is -2.34. The third-order valence-corrected chi connectivity index (χ3v) is 5.78. The summed E-state index contributed by atoms with van der Waals surface area (Å²) in [5, 5.41) is 18.6. The van der Waals surface area contributed by atoms with Crippen LogP contribution in [0.3, 0.4) is 0 Å². The zero-order valence-corrected chi connectivity index (χ0v) is 18.8. The molecule has 0 heterocycles. The van der Waals surface area contributed by atoms with Crippen LogP contribution in [-0.2, 0) is 0 Å². The summed E-state index contributed by atoms with van der Waals surface area (Å²) in [6, 6.07) is 0. The molecule has 0 aromatic rings. The van der Waals surface area contributed by atoms with Crippen molar-refractivity contribution in [3.05, 3.63) is 0 Å². The van der Waals surface area contributed by atoms with Crippen LogP contribution in [0.4, 0.5) is 0 Å². The molecule has 0 radical (unpaired) electrons. The van der Waals surface area contributed by atoms with Gasteiger partial charge in [0.05, 0.1) is 13.2 Å². The number of unbranched alkanes of at least 4 members (excludes halogenated alkanes) is 12. The summed E-state index contributed by atoms with van der Waals surface area (Å²) in [5.41, 5.74) is 0. The highest BCUT2D eigenvalue weighted by Crippen LogP contribution is 2.20. The van der Waals surface area contributed by atoms with Gasteiger partial charge in [0.15, 0.2) is 0 Å². The van der Waals surface area contributed by atoms with Gasteiger partial charge in [-0.25, -0.2) is 0 Å². The van der Waals surface area contributed by atoms with E-state index in [9.17, 15) is 10.2 Å². The zero-order chi connectivity index (χ0) is 20.0. The molecule has 1 unspecified atom stereocenters. The molecule has 0 saturated heterocycles. The first kappa shape index (κ1) is 26.9. The van der Waals surface area contributed by atoms with Crippen molar-refractivity contribution in [2.75, 3.05) is 32.8 Å². The van der Waals surface area contributed by atoms with E-state index >= 15 is 0 Å². The van der Waals surface area contributed by atoms with Crippen LogP contribution in [0.1, 0.15) is 117 Å².